The van der Waals surface area contributed by atoms with Gasteiger partial charge in [0, 0.05) is 24.9 Å². The lowest BCUT2D eigenvalue weighted by molar-refractivity contribution is 0.208. The van der Waals surface area contributed by atoms with Crippen LogP contribution in [-0.2, 0) is 6.42 Å². The Hall–Kier alpha value is -1.40. The minimum atomic E-state index is 0.289. The second-order valence-electron chi connectivity index (χ2n) is 4.35. The van der Waals surface area contributed by atoms with Gasteiger partial charge >= 0.3 is 0 Å². The molecule has 1 saturated heterocycles. The predicted molar refractivity (Wildman–Crippen MR) is 62.7 cm³/mol. The molecule has 1 fully saturated rings. The van der Waals surface area contributed by atoms with Crippen molar-refractivity contribution in [2.75, 3.05) is 19.6 Å². The number of aromatic nitrogens is 1. The highest BCUT2D eigenvalue weighted by atomic mass is 15.1. The molecule has 1 aromatic heterocycles. The van der Waals surface area contributed by atoms with Crippen molar-refractivity contribution in [1.29, 1.82) is 5.26 Å². The smallest absolute Gasteiger partial charge is 0.0656 e. The van der Waals surface area contributed by atoms with Crippen molar-refractivity contribution in [3.8, 4) is 6.07 Å². The maximum Gasteiger partial charge on any atom is 0.0656 e. The van der Waals surface area contributed by atoms with Crippen LogP contribution in [0.15, 0.2) is 24.5 Å². The van der Waals surface area contributed by atoms with E-state index < -0.39 is 0 Å². The Kier molecular flexibility index (Phi) is 3.90. The third-order valence-corrected chi connectivity index (χ3v) is 3.24. The van der Waals surface area contributed by atoms with Crippen LogP contribution in [0.3, 0.4) is 0 Å². The maximum atomic E-state index is 8.81. The molecule has 0 bridgehead atoms. The van der Waals surface area contributed by atoms with Crippen LogP contribution in [0.25, 0.3) is 0 Å². The van der Waals surface area contributed by atoms with Crippen LogP contribution in [0.5, 0.6) is 0 Å². The molecule has 0 spiro atoms. The predicted octanol–water partition coefficient (Wildman–Crippen LogP) is 1.86. The summed E-state index contributed by atoms with van der Waals surface area (Å²) < 4.78 is 0. The zero-order valence-electron chi connectivity index (χ0n) is 9.47. The van der Waals surface area contributed by atoms with Crippen LogP contribution in [0.2, 0.25) is 0 Å². The van der Waals surface area contributed by atoms with E-state index in [4.69, 9.17) is 5.26 Å². The van der Waals surface area contributed by atoms with Crippen molar-refractivity contribution < 1.29 is 0 Å². The minimum absolute atomic E-state index is 0.289. The van der Waals surface area contributed by atoms with Gasteiger partial charge in [0.15, 0.2) is 0 Å². The molecule has 2 rings (SSSR count). The zero-order valence-corrected chi connectivity index (χ0v) is 9.47. The van der Waals surface area contributed by atoms with Crippen LogP contribution in [-0.4, -0.2) is 29.5 Å². The molecule has 0 saturated carbocycles. The van der Waals surface area contributed by atoms with Crippen LogP contribution in [0.4, 0.5) is 0 Å². The molecule has 3 nitrogen and oxygen atoms in total. The molecule has 3 heteroatoms. The highest BCUT2D eigenvalue weighted by Gasteiger charge is 2.17. The number of piperidine rings is 1. The van der Waals surface area contributed by atoms with Gasteiger partial charge in [0.1, 0.15) is 0 Å². The Morgan fingerprint density at radius 3 is 2.62 bits per heavy atom. The fourth-order valence-electron chi connectivity index (χ4n) is 2.12. The number of rotatable bonds is 3. The van der Waals surface area contributed by atoms with Crippen LogP contribution in [0.1, 0.15) is 18.4 Å². The summed E-state index contributed by atoms with van der Waals surface area (Å²) in [5.41, 5.74) is 1.34. The fourth-order valence-corrected chi connectivity index (χ4v) is 2.12. The molecule has 0 amide bonds. The first-order chi connectivity index (χ1) is 7.88. The van der Waals surface area contributed by atoms with Crippen LogP contribution in [0, 0.1) is 17.2 Å². The minimum Gasteiger partial charge on any atom is -0.303 e. The number of nitriles is 1. The van der Waals surface area contributed by atoms with Crippen LogP contribution >= 0.6 is 0 Å². The van der Waals surface area contributed by atoms with E-state index in [9.17, 15) is 0 Å². The Morgan fingerprint density at radius 1 is 1.31 bits per heavy atom. The van der Waals surface area contributed by atoms with Gasteiger partial charge in [0.05, 0.1) is 6.07 Å². The molecule has 2 heterocycles. The second kappa shape index (κ2) is 5.62. The maximum absolute atomic E-state index is 8.81. The van der Waals surface area contributed by atoms with Gasteiger partial charge in [-0.1, -0.05) is 0 Å². The molecular formula is C13H17N3. The monoisotopic (exact) mass is 215 g/mol. The van der Waals surface area contributed by atoms with E-state index in [2.05, 4.69) is 28.1 Å². The molecule has 84 valence electrons. The van der Waals surface area contributed by atoms with E-state index in [0.29, 0.717) is 0 Å². The summed E-state index contributed by atoms with van der Waals surface area (Å²) in [6.45, 7) is 3.24. The highest BCUT2D eigenvalue weighted by Crippen LogP contribution is 2.16. The SMILES string of the molecule is N#CC1CCN(CCc2ccncc2)CC1. The summed E-state index contributed by atoms with van der Waals surface area (Å²) >= 11 is 0. The van der Waals surface area contributed by atoms with E-state index in [1.54, 1.807) is 0 Å². The summed E-state index contributed by atoms with van der Waals surface area (Å²) in [5, 5.41) is 8.81. The van der Waals surface area contributed by atoms with Gasteiger partial charge in [-0.15, -0.1) is 0 Å². The average molecular weight is 215 g/mol. The van der Waals surface area contributed by atoms with E-state index in [1.165, 1.54) is 5.56 Å². The van der Waals surface area contributed by atoms with Gasteiger partial charge in [0.25, 0.3) is 0 Å². The quantitative estimate of drug-likeness (QED) is 0.772. The third-order valence-electron chi connectivity index (χ3n) is 3.24. The van der Waals surface area contributed by atoms with Gasteiger partial charge in [-0.3, -0.25) is 4.98 Å². The Morgan fingerprint density at radius 2 is 2.00 bits per heavy atom. The van der Waals surface area contributed by atoms with Gasteiger partial charge in [-0.25, -0.2) is 0 Å². The highest BCUT2D eigenvalue weighted by molar-refractivity contribution is 5.09. The summed E-state index contributed by atoms with van der Waals surface area (Å²) in [4.78, 5) is 6.46. The molecule has 0 aliphatic carbocycles. The normalized spacial score (nSPS) is 18.2. The van der Waals surface area contributed by atoms with Crippen molar-refractivity contribution in [2.24, 2.45) is 5.92 Å². The number of likely N-dealkylation sites (tertiary alicyclic amines) is 1. The summed E-state index contributed by atoms with van der Waals surface area (Å²) in [6, 6.07) is 6.51. The van der Waals surface area contributed by atoms with Crippen molar-refractivity contribution in [1.82, 2.24) is 9.88 Å². The Bertz CT molecular complexity index is 347. The molecule has 0 N–H and O–H groups in total. The molecule has 16 heavy (non-hydrogen) atoms. The van der Waals surface area contributed by atoms with E-state index in [-0.39, 0.29) is 5.92 Å². The zero-order chi connectivity index (χ0) is 11.2. The number of hydrogen-bond acceptors (Lipinski definition) is 3. The third kappa shape index (κ3) is 3.04. The summed E-state index contributed by atoms with van der Waals surface area (Å²) in [6.07, 6.45) is 6.84. The van der Waals surface area contributed by atoms with Crippen molar-refractivity contribution >= 4 is 0 Å². The van der Waals surface area contributed by atoms with Gasteiger partial charge < -0.3 is 4.90 Å². The molecule has 0 unspecified atom stereocenters. The molecule has 1 aliphatic heterocycles. The molecule has 1 aromatic rings. The first-order valence-electron chi connectivity index (χ1n) is 5.89. The van der Waals surface area contributed by atoms with Crippen molar-refractivity contribution in [2.45, 2.75) is 19.3 Å². The lowest BCUT2D eigenvalue weighted by Gasteiger charge is -2.28. The molecule has 0 aromatic carbocycles. The molecule has 0 radical (unpaired) electrons. The Labute approximate surface area is 96.7 Å². The molecule has 0 atom stereocenters. The van der Waals surface area contributed by atoms with E-state index in [0.717, 1.165) is 38.9 Å². The lowest BCUT2D eigenvalue weighted by Crippen LogP contribution is -2.34. The summed E-state index contributed by atoms with van der Waals surface area (Å²) in [7, 11) is 0. The Balaban J connectivity index is 1.74. The fraction of sp³-hybridized carbons (Fsp3) is 0.538. The van der Waals surface area contributed by atoms with Crippen molar-refractivity contribution in [3.63, 3.8) is 0 Å². The first kappa shape index (κ1) is 11.1. The average Bonchev–Trinajstić information content (AvgIpc) is 2.38. The van der Waals surface area contributed by atoms with Gasteiger partial charge in [-0.05, 0) is 50.0 Å². The second-order valence-corrected chi connectivity index (χ2v) is 4.35. The van der Waals surface area contributed by atoms with Gasteiger partial charge in [0.2, 0.25) is 0 Å². The van der Waals surface area contributed by atoms with Crippen molar-refractivity contribution in [3.05, 3.63) is 30.1 Å². The first-order valence-corrected chi connectivity index (χ1v) is 5.89. The standard InChI is InChI=1S/C13H17N3/c14-11-13-4-9-16(10-5-13)8-3-12-1-6-15-7-2-12/h1-2,6-7,13H,3-5,8-10H2. The number of nitrogens with zero attached hydrogens (tertiary/aromatic N) is 3. The van der Waals surface area contributed by atoms with E-state index >= 15 is 0 Å². The largest absolute Gasteiger partial charge is 0.303 e. The number of pyridine rings is 1. The lowest BCUT2D eigenvalue weighted by atomic mass is 9.98. The van der Waals surface area contributed by atoms with Crippen LogP contribution < -0.4 is 0 Å². The topological polar surface area (TPSA) is 39.9 Å². The molecular weight excluding hydrogens is 198 g/mol. The molecule has 1 aliphatic rings. The van der Waals surface area contributed by atoms with E-state index in [1.807, 2.05) is 12.4 Å². The number of hydrogen-bond donors (Lipinski definition) is 0. The summed E-state index contributed by atoms with van der Waals surface area (Å²) in [5.74, 6) is 0.289. The van der Waals surface area contributed by atoms with Gasteiger partial charge in [-0.2, -0.15) is 5.26 Å².